The van der Waals surface area contributed by atoms with Crippen LogP contribution in [0.5, 0.6) is 0 Å². The second-order valence-corrected chi connectivity index (χ2v) is 5.45. The van der Waals surface area contributed by atoms with E-state index in [9.17, 15) is 0 Å². The summed E-state index contributed by atoms with van der Waals surface area (Å²) in [6.07, 6.45) is 6.26. The minimum absolute atomic E-state index is 0.306. The fourth-order valence-corrected chi connectivity index (χ4v) is 3.41. The van der Waals surface area contributed by atoms with Gasteiger partial charge in [-0.25, -0.2) is 0 Å². The lowest BCUT2D eigenvalue weighted by molar-refractivity contribution is 0.0726. The first-order chi connectivity index (χ1) is 7.22. The molecule has 2 rings (SSSR count). The average molecular weight is 206 g/mol. The highest BCUT2D eigenvalue weighted by molar-refractivity contribution is 4.99. The van der Waals surface area contributed by atoms with Crippen LogP contribution in [0.3, 0.4) is 0 Å². The number of piperidine rings is 1. The zero-order chi connectivity index (χ0) is 10.8. The minimum atomic E-state index is 0.306. The highest BCUT2D eigenvalue weighted by Gasteiger charge is 2.36. The van der Waals surface area contributed by atoms with Gasteiger partial charge in [0.25, 0.3) is 0 Å². The number of hydrogen-bond donors (Lipinski definition) is 0. The number of likely N-dealkylation sites (tertiary alicyclic amines) is 1. The van der Waals surface area contributed by atoms with Crippen LogP contribution in [0.2, 0.25) is 0 Å². The second kappa shape index (κ2) is 4.53. The smallest absolute Gasteiger partial charge is 0.0672 e. The molecule has 2 aliphatic rings. The number of nitrogens with zero attached hydrogens (tertiary/aromatic N) is 2. The van der Waals surface area contributed by atoms with Crippen molar-refractivity contribution in [3.05, 3.63) is 0 Å². The zero-order valence-electron chi connectivity index (χ0n) is 9.95. The molecule has 15 heavy (non-hydrogen) atoms. The highest BCUT2D eigenvalue weighted by atomic mass is 15.2. The van der Waals surface area contributed by atoms with Crippen molar-refractivity contribution in [1.29, 1.82) is 5.26 Å². The molecule has 84 valence electrons. The standard InChI is InChI=1S/C13H22N2/c1-10-6-7-15(11(2)8-10)13-5-3-4-12(13)9-14/h10-13H,3-8H2,1-2H3. The molecule has 0 N–H and O–H groups in total. The molecular formula is C13H22N2. The average Bonchev–Trinajstić information content (AvgIpc) is 2.65. The van der Waals surface area contributed by atoms with Crippen LogP contribution in [-0.4, -0.2) is 23.5 Å². The van der Waals surface area contributed by atoms with Crippen LogP contribution in [-0.2, 0) is 0 Å². The predicted octanol–water partition coefficient (Wildman–Crippen LogP) is 2.80. The Bertz CT molecular complexity index is 256. The van der Waals surface area contributed by atoms with Crippen molar-refractivity contribution >= 4 is 0 Å². The first-order valence-corrected chi connectivity index (χ1v) is 6.37. The van der Waals surface area contributed by atoms with E-state index in [0.717, 1.165) is 12.3 Å². The van der Waals surface area contributed by atoms with E-state index in [0.29, 0.717) is 18.0 Å². The van der Waals surface area contributed by atoms with Crippen molar-refractivity contribution in [2.24, 2.45) is 11.8 Å². The summed E-state index contributed by atoms with van der Waals surface area (Å²) in [5.74, 6) is 1.18. The molecule has 0 aromatic heterocycles. The van der Waals surface area contributed by atoms with Crippen LogP contribution < -0.4 is 0 Å². The molecular weight excluding hydrogens is 184 g/mol. The molecule has 0 bridgehead atoms. The first kappa shape index (κ1) is 11.0. The van der Waals surface area contributed by atoms with Gasteiger partial charge in [0.05, 0.1) is 12.0 Å². The SMILES string of the molecule is CC1CCN(C2CCCC2C#N)C(C)C1. The molecule has 2 nitrogen and oxygen atoms in total. The molecule has 0 radical (unpaired) electrons. The molecule has 4 unspecified atom stereocenters. The normalized spacial score (nSPS) is 42.7. The van der Waals surface area contributed by atoms with E-state index in [4.69, 9.17) is 5.26 Å². The maximum Gasteiger partial charge on any atom is 0.0672 e. The third-order valence-electron chi connectivity index (χ3n) is 4.26. The maximum atomic E-state index is 9.13. The lowest BCUT2D eigenvalue weighted by Gasteiger charge is -2.41. The Morgan fingerprint density at radius 1 is 1.20 bits per heavy atom. The van der Waals surface area contributed by atoms with Gasteiger partial charge in [-0.15, -0.1) is 0 Å². The molecule has 1 aliphatic heterocycles. The van der Waals surface area contributed by atoms with Gasteiger partial charge in [0.1, 0.15) is 0 Å². The monoisotopic (exact) mass is 206 g/mol. The molecule has 2 fully saturated rings. The molecule has 0 aromatic carbocycles. The lowest BCUT2D eigenvalue weighted by atomic mass is 9.90. The fourth-order valence-electron chi connectivity index (χ4n) is 3.41. The molecule has 1 saturated carbocycles. The van der Waals surface area contributed by atoms with Crippen LogP contribution in [0.25, 0.3) is 0 Å². The quantitative estimate of drug-likeness (QED) is 0.659. The van der Waals surface area contributed by atoms with Gasteiger partial charge in [0.2, 0.25) is 0 Å². The van der Waals surface area contributed by atoms with Crippen molar-refractivity contribution in [1.82, 2.24) is 4.90 Å². The fraction of sp³-hybridized carbons (Fsp3) is 0.923. The van der Waals surface area contributed by atoms with Gasteiger partial charge in [-0.2, -0.15) is 5.26 Å². The van der Waals surface area contributed by atoms with E-state index in [1.54, 1.807) is 0 Å². The third kappa shape index (κ3) is 2.18. The van der Waals surface area contributed by atoms with E-state index < -0.39 is 0 Å². The third-order valence-corrected chi connectivity index (χ3v) is 4.26. The molecule has 2 heteroatoms. The van der Waals surface area contributed by atoms with Crippen molar-refractivity contribution in [2.75, 3.05) is 6.54 Å². The minimum Gasteiger partial charge on any atom is -0.296 e. The summed E-state index contributed by atoms with van der Waals surface area (Å²) < 4.78 is 0. The summed E-state index contributed by atoms with van der Waals surface area (Å²) in [6.45, 7) is 5.90. The first-order valence-electron chi connectivity index (χ1n) is 6.37. The number of hydrogen-bond acceptors (Lipinski definition) is 2. The van der Waals surface area contributed by atoms with Gasteiger partial charge in [-0.1, -0.05) is 13.3 Å². The number of rotatable bonds is 1. The predicted molar refractivity (Wildman–Crippen MR) is 61.3 cm³/mol. The van der Waals surface area contributed by atoms with E-state index in [1.165, 1.54) is 32.2 Å². The highest BCUT2D eigenvalue weighted by Crippen LogP contribution is 2.34. The van der Waals surface area contributed by atoms with Gasteiger partial charge < -0.3 is 0 Å². The molecule has 4 atom stereocenters. The molecule has 0 aromatic rings. The van der Waals surface area contributed by atoms with E-state index in [-0.39, 0.29) is 0 Å². The van der Waals surface area contributed by atoms with Crippen molar-refractivity contribution in [3.63, 3.8) is 0 Å². The topological polar surface area (TPSA) is 27.0 Å². The molecule has 0 amide bonds. The van der Waals surface area contributed by atoms with Gasteiger partial charge in [0.15, 0.2) is 0 Å². The van der Waals surface area contributed by atoms with Crippen molar-refractivity contribution < 1.29 is 0 Å². The van der Waals surface area contributed by atoms with Crippen LogP contribution >= 0.6 is 0 Å². The lowest BCUT2D eigenvalue weighted by Crippen LogP contribution is -2.47. The summed E-state index contributed by atoms with van der Waals surface area (Å²) in [5, 5.41) is 9.13. The molecule has 1 aliphatic carbocycles. The van der Waals surface area contributed by atoms with E-state index in [2.05, 4.69) is 24.8 Å². The van der Waals surface area contributed by atoms with Crippen LogP contribution in [0.1, 0.15) is 46.0 Å². The second-order valence-electron chi connectivity index (χ2n) is 5.45. The molecule has 0 spiro atoms. The Labute approximate surface area is 93.3 Å². The Balaban J connectivity index is 2.01. The zero-order valence-corrected chi connectivity index (χ0v) is 9.95. The Morgan fingerprint density at radius 3 is 2.67 bits per heavy atom. The summed E-state index contributed by atoms with van der Waals surface area (Å²) in [4.78, 5) is 2.61. The maximum absolute atomic E-state index is 9.13. The van der Waals surface area contributed by atoms with E-state index in [1.807, 2.05) is 0 Å². The summed E-state index contributed by atoms with van der Waals surface area (Å²) in [6, 6.07) is 3.76. The molecule has 1 saturated heterocycles. The summed E-state index contributed by atoms with van der Waals surface area (Å²) in [7, 11) is 0. The summed E-state index contributed by atoms with van der Waals surface area (Å²) in [5.41, 5.74) is 0. The van der Waals surface area contributed by atoms with Gasteiger partial charge >= 0.3 is 0 Å². The Kier molecular flexibility index (Phi) is 3.31. The van der Waals surface area contributed by atoms with Gasteiger partial charge in [-0.05, 0) is 45.1 Å². The Morgan fingerprint density at radius 2 is 2.00 bits per heavy atom. The van der Waals surface area contributed by atoms with E-state index >= 15 is 0 Å². The van der Waals surface area contributed by atoms with Crippen molar-refractivity contribution in [2.45, 2.75) is 58.0 Å². The van der Waals surface area contributed by atoms with Gasteiger partial charge in [-0.3, -0.25) is 4.90 Å². The van der Waals surface area contributed by atoms with Crippen LogP contribution in [0, 0.1) is 23.2 Å². The van der Waals surface area contributed by atoms with Crippen molar-refractivity contribution in [3.8, 4) is 6.07 Å². The molecule has 1 heterocycles. The van der Waals surface area contributed by atoms with Crippen LogP contribution in [0.4, 0.5) is 0 Å². The largest absolute Gasteiger partial charge is 0.296 e. The number of nitriles is 1. The Hall–Kier alpha value is -0.550. The van der Waals surface area contributed by atoms with Crippen LogP contribution in [0.15, 0.2) is 0 Å². The van der Waals surface area contributed by atoms with Gasteiger partial charge in [0, 0.05) is 12.1 Å². The summed E-state index contributed by atoms with van der Waals surface area (Å²) >= 11 is 0.